The lowest BCUT2D eigenvalue weighted by atomic mass is 10.1. The molecule has 4 rings (SSSR count). The van der Waals surface area contributed by atoms with Crippen LogP contribution < -0.4 is 9.64 Å². The summed E-state index contributed by atoms with van der Waals surface area (Å²) in [5, 5.41) is 0.581. The first kappa shape index (κ1) is 21.4. The molecule has 1 aromatic carbocycles. The number of rotatable bonds is 5. The number of aromatic nitrogens is 2. The third-order valence-electron chi connectivity index (χ3n) is 5.57. The fourth-order valence-electron chi connectivity index (χ4n) is 4.01. The Balaban J connectivity index is 1.28. The fraction of sp³-hybridized carbons (Fsp3) is 0.455. The van der Waals surface area contributed by atoms with Crippen LogP contribution in [0.1, 0.15) is 24.4 Å². The van der Waals surface area contributed by atoms with Gasteiger partial charge in [0, 0.05) is 61.5 Å². The Morgan fingerprint density at radius 3 is 2.61 bits per heavy atom. The van der Waals surface area contributed by atoms with Crippen LogP contribution in [0.3, 0.4) is 0 Å². The summed E-state index contributed by atoms with van der Waals surface area (Å²) >= 11 is 6.04. The average Bonchev–Trinajstić information content (AvgIpc) is 3.08. The molecule has 9 heteroatoms. The quantitative estimate of drug-likeness (QED) is 0.709. The zero-order valence-corrected chi connectivity index (χ0v) is 18.5. The molecule has 0 N–H and O–H groups in total. The molecule has 2 aliphatic heterocycles. The van der Waals surface area contributed by atoms with E-state index in [0.717, 1.165) is 24.2 Å². The van der Waals surface area contributed by atoms with Gasteiger partial charge in [0.2, 0.25) is 11.8 Å². The predicted molar refractivity (Wildman–Crippen MR) is 118 cm³/mol. The normalized spacial score (nSPS) is 17.4. The van der Waals surface area contributed by atoms with Crippen molar-refractivity contribution in [3.63, 3.8) is 0 Å². The molecule has 0 spiro atoms. The van der Waals surface area contributed by atoms with Crippen molar-refractivity contribution >= 4 is 29.2 Å². The minimum Gasteiger partial charge on any atom is -0.474 e. The van der Waals surface area contributed by atoms with E-state index in [9.17, 15) is 9.59 Å². The molecule has 2 aliphatic rings. The highest BCUT2D eigenvalue weighted by atomic mass is 35.5. The van der Waals surface area contributed by atoms with E-state index in [2.05, 4.69) is 9.97 Å². The maximum atomic E-state index is 12.8. The molecule has 8 nitrogen and oxygen atoms in total. The van der Waals surface area contributed by atoms with Crippen LogP contribution in [0.25, 0.3) is 0 Å². The molecule has 0 bridgehead atoms. The van der Waals surface area contributed by atoms with Crippen molar-refractivity contribution in [2.45, 2.75) is 32.8 Å². The Morgan fingerprint density at radius 2 is 1.90 bits per heavy atom. The molecule has 0 unspecified atom stereocenters. The maximum Gasteiger partial charge on any atom is 0.325 e. The highest BCUT2D eigenvalue weighted by Gasteiger charge is 2.33. The van der Waals surface area contributed by atoms with Gasteiger partial charge in [0.1, 0.15) is 18.5 Å². The standard InChI is InChI=1S/C22H26ClN5O3/c1-15-12-20(25-16(2)24-15)31-19-6-8-26(9-7-19)21(29)14-27-10-11-28(22(27)30)18-5-3-4-17(23)13-18/h3-5,12-13,19H,6-11,14H2,1-2H3. The van der Waals surface area contributed by atoms with Crippen LogP contribution in [0.4, 0.5) is 10.5 Å². The van der Waals surface area contributed by atoms with Crippen molar-refractivity contribution in [1.29, 1.82) is 0 Å². The summed E-state index contributed by atoms with van der Waals surface area (Å²) in [5.41, 5.74) is 1.62. The highest BCUT2D eigenvalue weighted by Crippen LogP contribution is 2.24. The van der Waals surface area contributed by atoms with Crippen LogP contribution in [-0.2, 0) is 4.79 Å². The number of anilines is 1. The number of hydrogen-bond donors (Lipinski definition) is 0. The molecule has 2 aromatic rings. The predicted octanol–water partition coefficient (Wildman–Crippen LogP) is 3.06. The minimum absolute atomic E-state index is 0.0180. The Kier molecular flexibility index (Phi) is 6.27. The number of carbonyl (C=O) groups is 2. The van der Waals surface area contributed by atoms with E-state index < -0.39 is 0 Å². The van der Waals surface area contributed by atoms with E-state index in [1.54, 1.807) is 21.9 Å². The molecule has 0 aliphatic carbocycles. The molecule has 3 amide bonds. The second-order valence-electron chi connectivity index (χ2n) is 7.93. The highest BCUT2D eigenvalue weighted by molar-refractivity contribution is 6.30. The molecule has 1 aromatic heterocycles. The number of aryl methyl sites for hydroxylation is 2. The Hall–Kier alpha value is -2.87. The Labute approximate surface area is 186 Å². The zero-order chi connectivity index (χ0) is 22.0. The van der Waals surface area contributed by atoms with E-state index in [1.807, 2.05) is 36.9 Å². The van der Waals surface area contributed by atoms with E-state index >= 15 is 0 Å². The first-order valence-corrected chi connectivity index (χ1v) is 10.9. The lowest BCUT2D eigenvalue weighted by Crippen LogP contribution is -2.47. The molecule has 3 heterocycles. The van der Waals surface area contributed by atoms with Gasteiger partial charge in [0.25, 0.3) is 0 Å². The summed E-state index contributed by atoms with van der Waals surface area (Å²) in [6.07, 6.45) is 1.48. The molecule has 31 heavy (non-hydrogen) atoms. The molecule has 0 atom stereocenters. The van der Waals surface area contributed by atoms with Gasteiger partial charge in [-0.25, -0.2) is 9.78 Å². The number of ether oxygens (including phenoxy) is 1. The third-order valence-corrected chi connectivity index (χ3v) is 5.80. The van der Waals surface area contributed by atoms with Crippen LogP contribution in [0.2, 0.25) is 5.02 Å². The lowest BCUT2D eigenvalue weighted by Gasteiger charge is -2.33. The van der Waals surface area contributed by atoms with Gasteiger partial charge < -0.3 is 14.5 Å². The number of carbonyl (C=O) groups excluding carboxylic acids is 2. The number of piperidine rings is 1. The second kappa shape index (κ2) is 9.09. The molecule has 2 fully saturated rings. The van der Waals surface area contributed by atoms with Gasteiger partial charge in [-0.3, -0.25) is 9.69 Å². The third kappa shape index (κ3) is 5.07. The zero-order valence-electron chi connectivity index (χ0n) is 17.8. The molecular formula is C22H26ClN5O3. The van der Waals surface area contributed by atoms with Crippen molar-refractivity contribution < 1.29 is 14.3 Å². The summed E-state index contributed by atoms with van der Waals surface area (Å²) < 4.78 is 6.00. The van der Waals surface area contributed by atoms with Gasteiger partial charge in [-0.1, -0.05) is 17.7 Å². The van der Waals surface area contributed by atoms with Crippen molar-refractivity contribution in [2.24, 2.45) is 0 Å². The fourth-order valence-corrected chi connectivity index (χ4v) is 4.20. The molecule has 0 radical (unpaired) electrons. The van der Waals surface area contributed by atoms with Gasteiger partial charge in [0.05, 0.1) is 0 Å². The largest absolute Gasteiger partial charge is 0.474 e. The molecule has 164 valence electrons. The average molecular weight is 444 g/mol. The monoisotopic (exact) mass is 443 g/mol. The lowest BCUT2D eigenvalue weighted by molar-refractivity contribution is -0.133. The summed E-state index contributed by atoms with van der Waals surface area (Å²) in [6, 6.07) is 8.86. The first-order valence-electron chi connectivity index (χ1n) is 10.5. The summed E-state index contributed by atoms with van der Waals surface area (Å²) in [5.74, 6) is 1.23. The van der Waals surface area contributed by atoms with Crippen LogP contribution >= 0.6 is 11.6 Å². The molecular weight excluding hydrogens is 418 g/mol. The summed E-state index contributed by atoms with van der Waals surface area (Å²) in [4.78, 5) is 39.2. The van der Waals surface area contributed by atoms with Gasteiger partial charge in [-0.15, -0.1) is 0 Å². The first-order chi connectivity index (χ1) is 14.9. The van der Waals surface area contributed by atoms with Crippen molar-refractivity contribution in [1.82, 2.24) is 19.8 Å². The number of hydrogen-bond acceptors (Lipinski definition) is 5. The van der Waals surface area contributed by atoms with Gasteiger partial charge in [-0.05, 0) is 32.0 Å². The summed E-state index contributed by atoms with van der Waals surface area (Å²) in [6.45, 7) is 6.11. The smallest absolute Gasteiger partial charge is 0.325 e. The number of likely N-dealkylation sites (tertiary alicyclic amines) is 1. The van der Waals surface area contributed by atoms with Crippen molar-refractivity contribution in [2.75, 3.05) is 37.6 Å². The number of halogens is 1. The number of nitrogens with zero attached hydrogens (tertiary/aromatic N) is 5. The van der Waals surface area contributed by atoms with Crippen LogP contribution in [0.5, 0.6) is 5.88 Å². The van der Waals surface area contributed by atoms with E-state index in [1.165, 1.54) is 0 Å². The van der Waals surface area contributed by atoms with Gasteiger partial charge >= 0.3 is 6.03 Å². The second-order valence-corrected chi connectivity index (χ2v) is 8.36. The SMILES string of the molecule is Cc1cc(OC2CCN(C(=O)CN3CCN(c4cccc(Cl)c4)C3=O)CC2)nc(C)n1. The van der Waals surface area contributed by atoms with E-state index in [-0.39, 0.29) is 24.6 Å². The van der Waals surface area contributed by atoms with E-state index in [0.29, 0.717) is 42.9 Å². The number of amides is 3. The van der Waals surface area contributed by atoms with Crippen molar-refractivity contribution in [3.05, 3.63) is 46.9 Å². The van der Waals surface area contributed by atoms with Crippen molar-refractivity contribution in [3.8, 4) is 5.88 Å². The Morgan fingerprint density at radius 1 is 1.13 bits per heavy atom. The topological polar surface area (TPSA) is 78.9 Å². The minimum atomic E-state index is -0.164. The van der Waals surface area contributed by atoms with Crippen LogP contribution in [0, 0.1) is 13.8 Å². The number of urea groups is 1. The van der Waals surface area contributed by atoms with Gasteiger partial charge in [0.15, 0.2) is 0 Å². The van der Waals surface area contributed by atoms with Crippen LogP contribution in [-0.4, -0.2) is 70.5 Å². The Bertz CT molecular complexity index is 957. The number of benzene rings is 1. The molecule has 0 saturated carbocycles. The van der Waals surface area contributed by atoms with E-state index in [4.69, 9.17) is 16.3 Å². The summed E-state index contributed by atoms with van der Waals surface area (Å²) in [7, 11) is 0. The molecule has 2 saturated heterocycles. The van der Waals surface area contributed by atoms with Gasteiger partial charge in [-0.2, -0.15) is 4.98 Å². The van der Waals surface area contributed by atoms with Crippen LogP contribution in [0.15, 0.2) is 30.3 Å². The maximum absolute atomic E-state index is 12.8.